The van der Waals surface area contributed by atoms with E-state index in [1.54, 1.807) is 11.3 Å². The summed E-state index contributed by atoms with van der Waals surface area (Å²) in [6, 6.07) is 13.6. The number of rotatable bonds is 2. The Kier molecular flexibility index (Phi) is 3.16. The molecule has 23 heavy (non-hydrogen) atoms. The number of thiazole rings is 1. The minimum absolute atomic E-state index is 0.104. The molecule has 0 unspecified atom stereocenters. The molecule has 0 fully saturated rings. The van der Waals surface area contributed by atoms with Crippen molar-refractivity contribution >= 4 is 44.1 Å². The fraction of sp³-hybridized carbons (Fsp3) is 0.111. The van der Waals surface area contributed by atoms with Gasteiger partial charge in [-0.15, -0.1) is 11.3 Å². The Labute approximate surface area is 137 Å². The molecule has 1 amide bonds. The summed E-state index contributed by atoms with van der Waals surface area (Å²) in [5, 5.41) is 4.96. The molecule has 0 radical (unpaired) electrons. The van der Waals surface area contributed by atoms with Crippen molar-refractivity contribution in [1.29, 1.82) is 0 Å². The average Bonchev–Trinajstić information content (AvgIpc) is 3.09. The lowest BCUT2D eigenvalue weighted by molar-refractivity contribution is 0.102. The van der Waals surface area contributed by atoms with Gasteiger partial charge in [-0.1, -0.05) is 6.07 Å². The van der Waals surface area contributed by atoms with Gasteiger partial charge in [0.2, 0.25) is 0 Å². The predicted molar refractivity (Wildman–Crippen MR) is 95.2 cm³/mol. The largest absolute Gasteiger partial charge is 0.351 e. The molecule has 5 heteroatoms. The van der Waals surface area contributed by atoms with E-state index in [1.165, 1.54) is 0 Å². The molecule has 0 spiro atoms. The number of nitrogens with one attached hydrogen (secondary N) is 1. The standard InChI is InChI=1S/C18H15N3OS/c1-11-19-15-10-12(6-7-17(15)23-11)20-18(22)14-4-3-5-16-13(14)8-9-21(16)2/h3-10H,1-2H3,(H,20,22). The summed E-state index contributed by atoms with van der Waals surface area (Å²) >= 11 is 1.65. The highest BCUT2D eigenvalue weighted by Crippen LogP contribution is 2.25. The molecule has 114 valence electrons. The van der Waals surface area contributed by atoms with Crippen molar-refractivity contribution in [3.05, 3.63) is 59.2 Å². The van der Waals surface area contributed by atoms with E-state index in [-0.39, 0.29) is 5.91 Å². The Morgan fingerprint density at radius 1 is 1.22 bits per heavy atom. The maximum atomic E-state index is 12.6. The first kappa shape index (κ1) is 14.0. The minimum atomic E-state index is -0.104. The Hall–Kier alpha value is -2.66. The number of amides is 1. The van der Waals surface area contributed by atoms with Crippen molar-refractivity contribution < 1.29 is 4.79 Å². The van der Waals surface area contributed by atoms with Crippen molar-refractivity contribution in [2.75, 3.05) is 5.32 Å². The van der Waals surface area contributed by atoms with Crippen LogP contribution in [0.25, 0.3) is 21.1 Å². The van der Waals surface area contributed by atoms with Gasteiger partial charge in [0.25, 0.3) is 5.91 Å². The minimum Gasteiger partial charge on any atom is -0.351 e. The fourth-order valence-electron chi connectivity index (χ4n) is 2.82. The van der Waals surface area contributed by atoms with E-state index in [9.17, 15) is 4.79 Å². The number of aryl methyl sites for hydroxylation is 2. The molecule has 4 nitrogen and oxygen atoms in total. The van der Waals surface area contributed by atoms with Gasteiger partial charge in [0, 0.05) is 35.4 Å². The molecular formula is C18H15N3OS. The number of fused-ring (bicyclic) bond motifs is 2. The summed E-state index contributed by atoms with van der Waals surface area (Å²) in [6.45, 7) is 1.99. The molecule has 1 N–H and O–H groups in total. The number of carbonyl (C=O) groups is 1. The molecule has 4 aromatic rings. The SMILES string of the molecule is Cc1nc2cc(NC(=O)c3cccc4c3ccn4C)ccc2s1. The summed E-state index contributed by atoms with van der Waals surface area (Å²) < 4.78 is 3.14. The molecule has 0 bridgehead atoms. The van der Waals surface area contributed by atoms with E-state index in [0.717, 1.165) is 31.8 Å². The van der Waals surface area contributed by atoms with Crippen LogP contribution in [-0.4, -0.2) is 15.5 Å². The summed E-state index contributed by atoms with van der Waals surface area (Å²) in [4.78, 5) is 17.1. The topological polar surface area (TPSA) is 46.9 Å². The van der Waals surface area contributed by atoms with Gasteiger partial charge in [0.15, 0.2) is 0 Å². The molecule has 2 aromatic heterocycles. The van der Waals surface area contributed by atoms with E-state index >= 15 is 0 Å². The Morgan fingerprint density at radius 2 is 2.09 bits per heavy atom. The number of hydrogen-bond acceptors (Lipinski definition) is 3. The third-order valence-electron chi connectivity index (χ3n) is 3.92. The van der Waals surface area contributed by atoms with E-state index in [2.05, 4.69) is 10.3 Å². The molecule has 4 rings (SSSR count). The number of aromatic nitrogens is 2. The monoisotopic (exact) mass is 321 g/mol. The molecule has 0 aliphatic rings. The van der Waals surface area contributed by atoms with Crippen LogP contribution in [0, 0.1) is 6.92 Å². The van der Waals surface area contributed by atoms with Crippen molar-refractivity contribution in [1.82, 2.24) is 9.55 Å². The van der Waals surface area contributed by atoms with Crippen LogP contribution in [0.4, 0.5) is 5.69 Å². The number of benzene rings is 2. The summed E-state index contributed by atoms with van der Waals surface area (Å²) in [5.74, 6) is -0.104. The van der Waals surface area contributed by atoms with Gasteiger partial charge in [-0.25, -0.2) is 4.98 Å². The summed E-state index contributed by atoms with van der Waals surface area (Å²) in [6.07, 6.45) is 1.96. The van der Waals surface area contributed by atoms with Crippen LogP contribution < -0.4 is 5.32 Å². The molecule has 0 atom stereocenters. The quantitative estimate of drug-likeness (QED) is 0.596. The Morgan fingerprint density at radius 3 is 2.96 bits per heavy atom. The highest BCUT2D eigenvalue weighted by atomic mass is 32.1. The Balaban J connectivity index is 1.70. The lowest BCUT2D eigenvalue weighted by Gasteiger charge is -2.07. The van der Waals surface area contributed by atoms with Gasteiger partial charge in [0.1, 0.15) is 0 Å². The van der Waals surface area contributed by atoms with Crippen LogP contribution in [-0.2, 0) is 7.05 Å². The molecule has 2 aromatic carbocycles. The number of nitrogens with zero attached hydrogens (tertiary/aromatic N) is 2. The van der Waals surface area contributed by atoms with E-state index in [0.29, 0.717) is 5.56 Å². The van der Waals surface area contributed by atoms with Crippen molar-refractivity contribution in [3.8, 4) is 0 Å². The average molecular weight is 321 g/mol. The summed E-state index contributed by atoms with van der Waals surface area (Å²) in [5.41, 5.74) is 3.41. The first-order valence-electron chi connectivity index (χ1n) is 7.34. The van der Waals surface area contributed by atoms with Crippen LogP contribution in [0.5, 0.6) is 0 Å². The molecule has 0 saturated heterocycles. The van der Waals surface area contributed by atoms with Crippen LogP contribution in [0.2, 0.25) is 0 Å². The predicted octanol–water partition coefficient (Wildman–Crippen LogP) is 4.35. The van der Waals surface area contributed by atoms with Crippen LogP contribution in [0.3, 0.4) is 0 Å². The fourth-order valence-corrected chi connectivity index (χ4v) is 3.63. The van der Waals surface area contributed by atoms with Gasteiger partial charge in [-0.05, 0) is 43.3 Å². The molecule has 0 saturated carbocycles. The highest BCUT2D eigenvalue weighted by Gasteiger charge is 2.12. The zero-order chi connectivity index (χ0) is 16.0. The highest BCUT2D eigenvalue weighted by molar-refractivity contribution is 7.18. The maximum Gasteiger partial charge on any atom is 0.256 e. The normalized spacial score (nSPS) is 11.2. The van der Waals surface area contributed by atoms with Crippen LogP contribution in [0.15, 0.2) is 48.7 Å². The van der Waals surface area contributed by atoms with Gasteiger partial charge < -0.3 is 9.88 Å². The smallest absolute Gasteiger partial charge is 0.256 e. The van der Waals surface area contributed by atoms with Crippen molar-refractivity contribution in [3.63, 3.8) is 0 Å². The second kappa shape index (κ2) is 5.21. The van der Waals surface area contributed by atoms with Crippen molar-refractivity contribution in [2.45, 2.75) is 6.92 Å². The summed E-state index contributed by atoms with van der Waals surface area (Å²) in [7, 11) is 1.97. The lowest BCUT2D eigenvalue weighted by atomic mass is 10.1. The Bertz CT molecular complexity index is 1040. The first-order chi connectivity index (χ1) is 11.1. The maximum absolute atomic E-state index is 12.6. The molecule has 2 heterocycles. The molecule has 0 aliphatic heterocycles. The van der Waals surface area contributed by atoms with Gasteiger partial charge in [0.05, 0.1) is 15.2 Å². The molecular weight excluding hydrogens is 306 g/mol. The number of anilines is 1. The van der Waals surface area contributed by atoms with Gasteiger partial charge in [-0.3, -0.25) is 4.79 Å². The van der Waals surface area contributed by atoms with Crippen LogP contribution in [0.1, 0.15) is 15.4 Å². The lowest BCUT2D eigenvalue weighted by Crippen LogP contribution is -2.12. The third kappa shape index (κ3) is 2.39. The van der Waals surface area contributed by atoms with Crippen LogP contribution >= 0.6 is 11.3 Å². The second-order valence-electron chi connectivity index (χ2n) is 5.53. The van der Waals surface area contributed by atoms with Gasteiger partial charge >= 0.3 is 0 Å². The van der Waals surface area contributed by atoms with E-state index in [4.69, 9.17) is 0 Å². The van der Waals surface area contributed by atoms with Gasteiger partial charge in [-0.2, -0.15) is 0 Å². The first-order valence-corrected chi connectivity index (χ1v) is 8.16. The number of hydrogen-bond donors (Lipinski definition) is 1. The zero-order valence-corrected chi connectivity index (χ0v) is 13.6. The third-order valence-corrected chi connectivity index (χ3v) is 4.88. The van der Waals surface area contributed by atoms with Crippen molar-refractivity contribution in [2.24, 2.45) is 7.05 Å². The second-order valence-corrected chi connectivity index (χ2v) is 6.77. The zero-order valence-electron chi connectivity index (χ0n) is 12.8. The molecule has 0 aliphatic carbocycles. The van der Waals surface area contributed by atoms with E-state index in [1.807, 2.05) is 67.2 Å². The van der Waals surface area contributed by atoms with E-state index < -0.39 is 0 Å². The number of carbonyl (C=O) groups excluding carboxylic acids is 1.